The third-order valence-electron chi connectivity index (χ3n) is 2.68. The molecule has 4 nitrogen and oxygen atoms in total. The maximum atomic E-state index is 12.1. The maximum Gasteiger partial charge on any atom is 0.265 e. The third-order valence-corrected chi connectivity index (χ3v) is 3.71. The zero-order chi connectivity index (χ0) is 13.8. The summed E-state index contributed by atoms with van der Waals surface area (Å²) in [7, 11) is 1.54. The Labute approximate surface area is 115 Å². The van der Waals surface area contributed by atoms with Gasteiger partial charge in [-0.25, -0.2) is 0 Å². The fraction of sp³-hybridized carbons (Fsp3) is 0.214. The van der Waals surface area contributed by atoms with Crippen molar-refractivity contribution in [2.24, 2.45) is 0 Å². The van der Waals surface area contributed by atoms with E-state index in [2.05, 4.69) is 5.32 Å². The van der Waals surface area contributed by atoms with E-state index in [1.165, 1.54) is 11.3 Å². The highest BCUT2D eigenvalue weighted by Gasteiger charge is 2.15. The third kappa shape index (κ3) is 3.06. The summed E-state index contributed by atoms with van der Waals surface area (Å²) in [5, 5.41) is 12.4. The SMILES string of the molecule is COc1cc(C)sc1C(=O)NCc1ccccc1O. The van der Waals surface area contributed by atoms with Crippen molar-refractivity contribution in [3.63, 3.8) is 0 Å². The van der Waals surface area contributed by atoms with E-state index in [4.69, 9.17) is 4.74 Å². The molecule has 1 aromatic heterocycles. The van der Waals surface area contributed by atoms with Crippen molar-refractivity contribution in [1.82, 2.24) is 5.32 Å². The Morgan fingerprint density at radius 2 is 2.16 bits per heavy atom. The van der Waals surface area contributed by atoms with Gasteiger partial charge in [-0.15, -0.1) is 11.3 Å². The van der Waals surface area contributed by atoms with Crippen LogP contribution in [0.4, 0.5) is 0 Å². The first-order chi connectivity index (χ1) is 9.11. The maximum absolute atomic E-state index is 12.1. The van der Waals surface area contributed by atoms with Gasteiger partial charge in [-0.1, -0.05) is 18.2 Å². The highest BCUT2D eigenvalue weighted by molar-refractivity contribution is 7.14. The van der Waals surface area contributed by atoms with Crippen molar-refractivity contribution in [3.05, 3.63) is 45.6 Å². The average molecular weight is 277 g/mol. The Balaban J connectivity index is 2.07. The first-order valence-corrected chi connectivity index (χ1v) is 6.63. The van der Waals surface area contributed by atoms with Crippen molar-refractivity contribution >= 4 is 17.2 Å². The zero-order valence-electron chi connectivity index (χ0n) is 10.8. The molecule has 100 valence electrons. The molecule has 2 N–H and O–H groups in total. The molecule has 19 heavy (non-hydrogen) atoms. The molecule has 0 radical (unpaired) electrons. The topological polar surface area (TPSA) is 58.6 Å². The standard InChI is InChI=1S/C14H15NO3S/c1-9-7-12(18-2)13(19-9)14(17)15-8-10-5-3-4-6-11(10)16/h3-7,16H,8H2,1-2H3,(H,15,17). The number of amides is 1. The van der Waals surface area contributed by atoms with Crippen LogP contribution in [-0.2, 0) is 6.54 Å². The van der Waals surface area contributed by atoms with Crippen molar-refractivity contribution in [3.8, 4) is 11.5 Å². The van der Waals surface area contributed by atoms with Gasteiger partial charge in [0.25, 0.3) is 5.91 Å². The molecule has 0 aliphatic carbocycles. The van der Waals surface area contributed by atoms with Crippen molar-refractivity contribution in [2.75, 3.05) is 7.11 Å². The van der Waals surface area contributed by atoms with Crippen LogP contribution in [0.5, 0.6) is 11.5 Å². The summed E-state index contributed by atoms with van der Waals surface area (Å²) in [5.74, 6) is 0.563. The van der Waals surface area contributed by atoms with Crippen molar-refractivity contribution < 1.29 is 14.6 Å². The number of methoxy groups -OCH3 is 1. The second kappa shape index (κ2) is 5.75. The number of thiophene rings is 1. The molecule has 0 aliphatic rings. The molecule has 0 unspecified atom stereocenters. The lowest BCUT2D eigenvalue weighted by Gasteiger charge is -2.07. The normalized spacial score (nSPS) is 10.2. The first kappa shape index (κ1) is 13.4. The van der Waals surface area contributed by atoms with Crippen LogP contribution in [0.1, 0.15) is 20.1 Å². The number of phenols is 1. The van der Waals surface area contributed by atoms with E-state index >= 15 is 0 Å². The Morgan fingerprint density at radius 1 is 1.42 bits per heavy atom. The summed E-state index contributed by atoms with van der Waals surface area (Å²) in [6, 6.07) is 8.76. The van der Waals surface area contributed by atoms with E-state index < -0.39 is 0 Å². The van der Waals surface area contributed by atoms with E-state index in [1.807, 2.05) is 19.1 Å². The van der Waals surface area contributed by atoms with Gasteiger partial charge in [0, 0.05) is 17.0 Å². The lowest BCUT2D eigenvalue weighted by atomic mass is 10.2. The molecule has 0 atom stereocenters. The van der Waals surface area contributed by atoms with Gasteiger partial charge >= 0.3 is 0 Å². The number of rotatable bonds is 4. The number of aromatic hydroxyl groups is 1. The molecular weight excluding hydrogens is 262 g/mol. The van der Waals surface area contributed by atoms with Crippen molar-refractivity contribution in [1.29, 1.82) is 0 Å². The number of ether oxygens (including phenoxy) is 1. The summed E-state index contributed by atoms with van der Waals surface area (Å²) in [6.45, 7) is 2.21. The molecule has 1 heterocycles. The molecule has 1 amide bonds. The molecule has 0 saturated carbocycles. The fourth-order valence-electron chi connectivity index (χ4n) is 1.72. The Kier molecular flexibility index (Phi) is 4.06. The average Bonchev–Trinajstić information content (AvgIpc) is 2.79. The number of carbonyl (C=O) groups excluding carboxylic acids is 1. The van der Waals surface area contributed by atoms with Gasteiger partial charge in [0.15, 0.2) is 0 Å². The highest BCUT2D eigenvalue weighted by Crippen LogP contribution is 2.28. The second-order valence-corrected chi connectivity index (χ2v) is 5.32. The number of hydrogen-bond acceptors (Lipinski definition) is 4. The van der Waals surface area contributed by atoms with Gasteiger partial charge in [0.2, 0.25) is 0 Å². The van der Waals surface area contributed by atoms with E-state index in [1.54, 1.807) is 25.3 Å². The van der Waals surface area contributed by atoms with Gasteiger partial charge in [-0.3, -0.25) is 4.79 Å². The van der Waals surface area contributed by atoms with Gasteiger partial charge in [-0.2, -0.15) is 0 Å². The van der Waals surface area contributed by atoms with Crippen LogP contribution in [0, 0.1) is 6.92 Å². The zero-order valence-corrected chi connectivity index (χ0v) is 11.6. The summed E-state index contributed by atoms with van der Waals surface area (Å²) in [5.41, 5.74) is 0.683. The predicted molar refractivity (Wildman–Crippen MR) is 74.9 cm³/mol. The van der Waals surface area contributed by atoms with Gasteiger partial charge < -0.3 is 15.2 Å². The molecule has 0 saturated heterocycles. The van der Waals surface area contributed by atoms with E-state index in [-0.39, 0.29) is 18.2 Å². The van der Waals surface area contributed by atoms with Crippen LogP contribution < -0.4 is 10.1 Å². The molecule has 5 heteroatoms. The number of carbonyl (C=O) groups is 1. The number of benzene rings is 1. The molecule has 0 spiro atoms. The summed E-state index contributed by atoms with van der Waals surface area (Å²) in [6.07, 6.45) is 0. The van der Waals surface area contributed by atoms with Gasteiger partial charge in [-0.05, 0) is 19.1 Å². The number of aryl methyl sites for hydroxylation is 1. The van der Waals surface area contributed by atoms with Crippen LogP contribution in [0.25, 0.3) is 0 Å². The fourth-order valence-corrected chi connectivity index (χ4v) is 2.61. The quantitative estimate of drug-likeness (QED) is 0.903. The monoisotopic (exact) mass is 277 g/mol. The van der Waals surface area contributed by atoms with Gasteiger partial charge in [0.1, 0.15) is 16.4 Å². The number of para-hydroxylation sites is 1. The van der Waals surface area contributed by atoms with Gasteiger partial charge in [0.05, 0.1) is 7.11 Å². The Bertz CT molecular complexity index is 592. The lowest BCUT2D eigenvalue weighted by molar-refractivity contribution is 0.0952. The van der Waals surface area contributed by atoms with E-state index in [0.717, 1.165) is 4.88 Å². The molecular formula is C14H15NO3S. The van der Waals surface area contributed by atoms with Crippen LogP contribution in [0.15, 0.2) is 30.3 Å². The smallest absolute Gasteiger partial charge is 0.265 e. The molecule has 1 aromatic carbocycles. The summed E-state index contributed by atoms with van der Waals surface area (Å²) in [4.78, 5) is 13.6. The lowest BCUT2D eigenvalue weighted by Crippen LogP contribution is -2.22. The molecule has 0 aliphatic heterocycles. The number of nitrogens with one attached hydrogen (secondary N) is 1. The van der Waals surface area contributed by atoms with E-state index in [9.17, 15) is 9.90 Å². The minimum atomic E-state index is -0.196. The second-order valence-electron chi connectivity index (χ2n) is 4.07. The predicted octanol–water partition coefficient (Wildman–Crippen LogP) is 2.70. The summed E-state index contributed by atoms with van der Waals surface area (Å²) >= 11 is 1.39. The van der Waals surface area contributed by atoms with Crippen LogP contribution in [0.2, 0.25) is 0 Å². The largest absolute Gasteiger partial charge is 0.508 e. The molecule has 0 fully saturated rings. The Morgan fingerprint density at radius 3 is 2.84 bits per heavy atom. The van der Waals surface area contributed by atoms with Crippen LogP contribution >= 0.6 is 11.3 Å². The number of hydrogen-bond donors (Lipinski definition) is 2. The molecule has 2 aromatic rings. The molecule has 0 bridgehead atoms. The van der Waals surface area contributed by atoms with E-state index in [0.29, 0.717) is 16.2 Å². The Hall–Kier alpha value is -2.01. The van der Waals surface area contributed by atoms with Crippen LogP contribution in [0.3, 0.4) is 0 Å². The summed E-state index contributed by atoms with van der Waals surface area (Å²) < 4.78 is 5.16. The number of phenolic OH excluding ortho intramolecular Hbond substituents is 1. The van der Waals surface area contributed by atoms with Crippen LogP contribution in [-0.4, -0.2) is 18.1 Å². The van der Waals surface area contributed by atoms with Crippen molar-refractivity contribution in [2.45, 2.75) is 13.5 Å². The highest BCUT2D eigenvalue weighted by atomic mass is 32.1. The minimum absolute atomic E-state index is 0.178. The molecule has 2 rings (SSSR count). The minimum Gasteiger partial charge on any atom is -0.508 e. The first-order valence-electron chi connectivity index (χ1n) is 5.81.